The summed E-state index contributed by atoms with van der Waals surface area (Å²) in [6.07, 6.45) is 1.79. The third kappa shape index (κ3) is 6.99. The molecule has 0 fully saturated rings. The van der Waals surface area contributed by atoms with Gasteiger partial charge in [-0.25, -0.2) is 9.79 Å². The Balaban J connectivity index is 1.54. The number of benzene rings is 3. The Hall–Kier alpha value is -3.57. The highest BCUT2D eigenvalue weighted by atomic mass is 79.9. The molecule has 2 heterocycles. The summed E-state index contributed by atoms with van der Waals surface area (Å²) in [6.45, 7) is 6.20. The van der Waals surface area contributed by atoms with Gasteiger partial charge < -0.3 is 18.9 Å². The predicted octanol–water partition coefficient (Wildman–Crippen LogP) is 6.85. The van der Waals surface area contributed by atoms with E-state index < -0.39 is 12.0 Å². The van der Waals surface area contributed by atoms with E-state index in [-0.39, 0.29) is 24.3 Å². The molecule has 0 unspecified atom stereocenters. The van der Waals surface area contributed by atoms with Crippen LogP contribution in [0.3, 0.4) is 0 Å². The molecule has 0 spiro atoms. The summed E-state index contributed by atoms with van der Waals surface area (Å²) in [7, 11) is 1.56. The number of aromatic nitrogens is 1. The third-order valence-corrected chi connectivity index (χ3v) is 9.16. The standard InChI is InChI=1S/C33H29BrCl2N2O6S/c1-5-42-27-15-20(9-12-26(27)41-4)30-29(32(40)43-6-2)18(3)37-33-38(30)31(39)28(45-33)14-19-7-11-25(23(34)13-19)44-17-21-8-10-22(35)16-24(21)36/h7-16,30H,5-6,17H2,1-4H3/b28-14-/t30-/m1/s1. The zero-order valence-electron chi connectivity index (χ0n) is 24.9. The normalized spacial score (nSPS) is 14.6. The van der Waals surface area contributed by atoms with Crippen molar-refractivity contribution in [3.8, 4) is 17.2 Å². The minimum absolute atomic E-state index is 0.181. The fourth-order valence-electron chi connectivity index (χ4n) is 4.91. The maximum atomic E-state index is 14.0. The van der Waals surface area contributed by atoms with Gasteiger partial charge in [-0.05, 0) is 90.3 Å². The van der Waals surface area contributed by atoms with Crippen molar-refractivity contribution in [3.05, 3.63) is 117 Å². The Labute approximate surface area is 282 Å². The SMILES string of the molecule is CCOC(=O)C1=C(C)N=c2s/c(=C\c3ccc(OCc4ccc(Cl)cc4Cl)c(Br)c3)c(=O)n2[C@@H]1c1ccc(OC)c(OCC)c1. The van der Waals surface area contributed by atoms with Gasteiger partial charge in [0.05, 0.1) is 46.6 Å². The maximum absolute atomic E-state index is 14.0. The first-order valence-corrected chi connectivity index (χ1v) is 16.4. The summed E-state index contributed by atoms with van der Waals surface area (Å²) in [5.41, 5.74) is 2.70. The van der Waals surface area contributed by atoms with Crippen molar-refractivity contribution in [1.29, 1.82) is 0 Å². The van der Waals surface area contributed by atoms with Crippen LogP contribution in [0.4, 0.5) is 0 Å². The highest BCUT2D eigenvalue weighted by Gasteiger charge is 2.34. The number of carbonyl (C=O) groups excluding carboxylic acids is 1. The molecule has 0 aliphatic carbocycles. The van der Waals surface area contributed by atoms with Crippen LogP contribution in [-0.2, 0) is 16.1 Å². The molecule has 0 amide bonds. The largest absolute Gasteiger partial charge is 0.493 e. The Morgan fingerprint density at radius 2 is 1.80 bits per heavy atom. The number of nitrogens with zero attached hydrogens (tertiary/aromatic N) is 2. The van der Waals surface area contributed by atoms with Crippen molar-refractivity contribution in [2.24, 2.45) is 4.99 Å². The predicted molar refractivity (Wildman–Crippen MR) is 179 cm³/mol. The Kier molecular flexibility index (Phi) is 10.4. The van der Waals surface area contributed by atoms with Gasteiger partial charge in [0.2, 0.25) is 0 Å². The summed E-state index contributed by atoms with van der Waals surface area (Å²) in [6, 6.07) is 15.4. The molecular formula is C33H29BrCl2N2O6S. The molecule has 0 saturated carbocycles. The lowest BCUT2D eigenvalue weighted by Crippen LogP contribution is -2.40. The lowest BCUT2D eigenvalue weighted by atomic mass is 9.95. The van der Waals surface area contributed by atoms with Gasteiger partial charge in [-0.1, -0.05) is 52.7 Å². The average Bonchev–Trinajstić information content (AvgIpc) is 3.30. The molecule has 1 aliphatic rings. The molecule has 1 aliphatic heterocycles. The van der Waals surface area contributed by atoms with Crippen LogP contribution in [0.1, 0.15) is 43.5 Å². The third-order valence-electron chi connectivity index (χ3n) is 6.97. The number of fused-ring (bicyclic) bond motifs is 1. The number of rotatable bonds is 10. The van der Waals surface area contributed by atoms with Gasteiger partial charge in [0.15, 0.2) is 16.3 Å². The molecule has 0 bridgehead atoms. The van der Waals surface area contributed by atoms with Crippen LogP contribution in [0, 0.1) is 0 Å². The lowest BCUT2D eigenvalue weighted by molar-refractivity contribution is -0.139. The molecule has 3 aromatic carbocycles. The molecule has 1 atom stereocenters. The van der Waals surface area contributed by atoms with Gasteiger partial charge in [-0.15, -0.1) is 0 Å². The Morgan fingerprint density at radius 3 is 2.49 bits per heavy atom. The van der Waals surface area contributed by atoms with E-state index in [1.165, 1.54) is 15.9 Å². The van der Waals surface area contributed by atoms with Crippen LogP contribution in [0.15, 0.2) is 80.1 Å². The number of methoxy groups -OCH3 is 1. The van der Waals surface area contributed by atoms with E-state index in [0.29, 0.717) is 59.0 Å². The van der Waals surface area contributed by atoms with E-state index in [9.17, 15) is 9.59 Å². The van der Waals surface area contributed by atoms with Crippen LogP contribution >= 0.6 is 50.5 Å². The van der Waals surface area contributed by atoms with Gasteiger partial charge in [-0.2, -0.15) is 0 Å². The van der Waals surface area contributed by atoms with Crippen LogP contribution in [-0.4, -0.2) is 30.9 Å². The quantitative estimate of drug-likeness (QED) is 0.166. The van der Waals surface area contributed by atoms with E-state index in [1.54, 1.807) is 51.3 Å². The van der Waals surface area contributed by atoms with Crippen molar-refractivity contribution in [2.45, 2.75) is 33.4 Å². The van der Waals surface area contributed by atoms with Crippen molar-refractivity contribution in [2.75, 3.05) is 20.3 Å². The highest BCUT2D eigenvalue weighted by Crippen LogP contribution is 2.36. The summed E-state index contributed by atoms with van der Waals surface area (Å²) >= 11 is 17.1. The van der Waals surface area contributed by atoms with E-state index in [1.807, 2.05) is 37.3 Å². The molecular weight excluding hydrogens is 703 g/mol. The molecule has 5 rings (SSSR count). The zero-order valence-corrected chi connectivity index (χ0v) is 28.8. The van der Waals surface area contributed by atoms with E-state index >= 15 is 0 Å². The number of halogens is 3. The second-order valence-electron chi connectivity index (χ2n) is 9.86. The summed E-state index contributed by atoms with van der Waals surface area (Å²) in [5.74, 6) is 1.12. The Morgan fingerprint density at radius 1 is 1.02 bits per heavy atom. The maximum Gasteiger partial charge on any atom is 0.338 e. The first-order valence-electron chi connectivity index (χ1n) is 14.0. The van der Waals surface area contributed by atoms with Gasteiger partial charge in [0.1, 0.15) is 12.4 Å². The number of ether oxygens (including phenoxy) is 4. The number of carbonyl (C=O) groups is 1. The van der Waals surface area contributed by atoms with Crippen molar-refractivity contribution in [1.82, 2.24) is 4.57 Å². The smallest absolute Gasteiger partial charge is 0.338 e. The number of esters is 1. The van der Waals surface area contributed by atoms with E-state index in [4.69, 9.17) is 42.1 Å². The summed E-state index contributed by atoms with van der Waals surface area (Å²) in [5, 5.41) is 1.08. The molecule has 1 aromatic heterocycles. The molecule has 12 heteroatoms. The molecule has 0 saturated heterocycles. The van der Waals surface area contributed by atoms with Gasteiger partial charge in [0.25, 0.3) is 5.56 Å². The van der Waals surface area contributed by atoms with Crippen LogP contribution < -0.4 is 29.1 Å². The molecule has 8 nitrogen and oxygen atoms in total. The minimum Gasteiger partial charge on any atom is -0.493 e. The molecule has 0 N–H and O–H groups in total. The average molecular weight is 732 g/mol. The summed E-state index contributed by atoms with van der Waals surface area (Å²) < 4.78 is 25.3. The first-order chi connectivity index (χ1) is 21.6. The minimum atomic E-state index is -0.783. The second-order valence-corrected chi connectivity index (χ2v) is 12.6. The number of hydrogen-bond donors (Lipinski definition) is 0. The molecule has 234 valence electrons. The number of thiazole rings is 1. The fraction of sp³-hybridized carbons (Fsp3) is 0.242. The fourth-order valence-corrected chi connectivity index (χ4v) is 6.93. The van der Waals surface area contributed by atoms with Crippen LogP contribution in [0.2, 0.25) is 10.0 Å². The number of hydrogen-bond acceptors (Lipinski definition) is 8. The Bertz CT molecular complexity index is 1990. The first kappa shape index (κ1) is 32.8. The lowest BCUT2D eigenvalue weighted by Gasteiger charge is -2.25. The van der Waals surface area contributed by atoms with Crippen molar-refractivity contribution < 1.29 is 23.7 Å². The van der Waals surface area contributed by atoms with Crippen molar-refractivity contribution >= 4 is 62.5 Å². The topological polar surface area (TPSA) is 88.4 Å². The van der Waals surface area contributed by atoms with E-state index in [2.05, 4.69) is 20.9 Å². The van der Waals surface area contributed by atoms with Gasteiger partial charge >= 0.3 is 5.97 Å². The van der Waals surface area contributed by atoms with Crippen LogP contribution in [0.5, 0.6) is 17.2 Å². The van der Waals surface area contributed by atoms with Gasteiger partial charge in [0, 0.05) is 15.6 Å². The number of allylic oxidation sites excluding steroid dienone is 1. The van der Waals surface area contributed by atoms with Crippen molar-refractivity contribution in [3.63, 3.8) is 0 Å². The van der Waals surface area contributed by atoms with Crippen LogP contribution in [0.25, 0.3) is 6.08 Å². The summed E-state index contributed by atoms with van der Waals surface area (Å²) in [4.78, 5) is 32.4. The molecule has 45 heavy (non-hydrogen) atoms. The monoisotopic (exact) mass is 730 g/mol. The molecule has 4 aromatic rings. The zero-order chi connectivity index (χ0) is 32.2. The molecule has 0 radical (unpaired) electrons. The van der Waals surface area contributed by atoms with E-state index in [0.717, 1.165) is 11.1 Å². The second kappa shape index (κ2) is 14.2. The highest BCUT2D eigenvalue weighted by molar-refractivity contribution is 9.10. The van der Waals surface area contributed by atoms with Gasteiger partial charge in [-0.3, -0.25) is 9.36 Å².